The van der Waals surface area contributed by atoms with Crippen LogP contribution in [0.5, 0.6) is 0 Å². The summed E-state index contributed by atoms with van der Waals surface area (Å²) in [7, 11) is 0. The van der Waals surface area contributed by atoms with E-state index in [4.69, 9.17) is 11.6 Å². The number of benzene rings is 1. The monoisotopic (exact) mass is 309 g/mol. The van der Waals surface area contributed by atoms with Gasteiger partial charge in [0.05, 0.1) is 23.3 Å². The number of nitrogens with zero attached hydrogens (tertiary/aromatic N) is 1. The van der Waals surface area contributed by atoms with Crippen LogP contribution in [0.3, 0.4) is 0 Å². The van der Waals surface area contributed by atoms with Crippen molar-refractivity contribution in [3.05, 3.63) is 29.0 Å². The quantitative estimate of drug-likeness (QED) is 0.897. The molecule has 0 bridgehead atoms. The average molecular weight is 310 g/mol. The molecule has 112 valence electrons. The molecule has 1 aliphatic rings. The van der Waals surface area contributed by atoms with Crippen LogP contribution in [0.4, 0.5) is 10.1 Å². The fourth-order valence-electron chi connectivity index (χ4n) is 2.54. The Morgan fingerprint density at radius 1 is 1.38 bits per heavy atom. The van der Waals surface area contributed by atoms with Gasteiger partial charge in [0.25, 0.3) is 0 Å². The number of hydrogen-bond acceptors (Lipinski definition) is 3. The molecule has 0 aromatic heterocycles. The number of carbonyl (C=O) groups is 1. The minimum absolute atomic E-state index is 0.00518. The van der Waals surface area contributed by atoms with Crippen molar-refractivity contribution in [3.63, 3.8) is 0 Å². The Kier molecular flexibility index (Phi) is 5.03. The summed E-state index contributed by atoms with van der Waals surface area (Å²) >= 11 is 5.87. The van der Waals surface area contributed by atoms with E-state index < -0.39 is 11.4 Å². The van der Waals surface area contributed by atoms with Gasteiger partial charge >= 0.3 is 0 Å². The van der Waals surface area contributed by atoms with E-state index in [0.29, 0.717) is 18.5 Å². The lowest BCUT2D eigenvalue weighted by Gasteiger charge is -2.31. The zero-order chi connectivity index (χ0) is 15.3. The molecule has 4 nitrogen and oxygen atoms in total. The van der Waals surface area contributed by atoms with Crippen molar-refractivity contribution in [1.29, 1.82) is 5.26 Å². The summed E-state index contributed by atoms with van der Waals surface area (Å²) in [5, 5.41) is 15.2. The van der Waals surface area contributed by atoms with E-state index in [-0.39, 0.29) is 17.5 Å². The molecule has 6 heteroatoms. The minimum atomic E-state index is -0.746. The summed E-state index contributed by atoms with van der Waals surface area (Å²) in [6.45, 7) is -0.00518. The van der Waals surface area contributed by atoms with Crippen LogP contribution < -0.4 is 10.6 Å². The summed E-state index contributed by atoms with van der Waals surface area (Å²) in [5.41, 5.74) is -0.258. The Hall–Kier alpha value is -1.80. The van der Waals surface area contributed by atoms with Gasteiger partial charge in [0.15, 0.2) is 0 Å². The van der Waals surface area contributed by atoms with Crippen LogP contribution in [0.2, 0.25) is 5.02 Å². The second-order valence-corrected chi connectivity index (χ2v) is 5.69. The number of rotatable bonds is 4. The third-order valence-electron chi connectivity index (χ3n) is 3.67. The highest BCUT2D eigenvalue weighted by Crippen LogP contribution is 2.27. The molecule has 0 atom stereocenters. The number of hydrogen-bond donors (Lipinski definition) is 2. The standard InChI is InChI=1S/C15H17ClFN3O/c16-12-8-11(17)4-5-13(12)19-9-14(21)20-15(10-18)6-2-1-3-7-15/h4-5,8,19H,1-3,6-7,9H2,(H,20,21). The molecule has 0 aliphatic heterocycles. The molecular weight excluding hydrogens is 293 g/mol. The van der Waals surface area contributed by atoms with E-state index in [1.165, 1.54) is 18.2 Å². The van der Waals surface area contributed by atoms with Crippen molar-refractivity contribution in [2.75, 3.05) is 11.9 Å². The SMILES string of the molecule is N#CC1(NC(=O)CNc2ccc(F)cc2Cl)CCCCC1. The Balaban J connectivity index is 1.91. The maximum Gasteiger partial charge on any atom is 0.240 e. The minimum Gasteiger partial charge on any atom is -0.375 e. The molecule has 1 aromatic rings. The van der Waals surface area contributed by atoms with Crippen LogP contribution in [0.15, 0.2) is 18.2 Å². The first-order valence-electron chi connectivity index (χ1n) is 6.96. The molecule has 1 aromatic carbocycles. The fourth-order valence-corrected chi connectivity index (χ4v) is 2.77. The van der Waals surface area contributed by atoms with Crippen LogP contribution >= 0.6 is 11.6 Å². The van der Waals surface area contributed by atoms with Crippen molar-refractivity contribution < 1.29 is 9.18 Å². The Labute approximate surface area is 128 Å². The maximum absolute atomic E-state index is 12.9. The van der Waals surface area contributed by atoms with Gasteiger partial charge in [0.2, 0.25) is 5.91 Å². The summed E-state index contributed by atoms with van der Waals surface area (Å²) in [5.74, 6) is -0.695. The van der Waals surface area contributed by atoms with Crippen LogP contribution in [-0.2, 0) is 4.79 Å². The molecule has 0 spiro atoms. The highest BCUT2D eigenvalue weighted by atomic mass is 35.5. The second kappa shape index (κ2) is 6.77. The van der Waals surface area contributed by atoms with E-state index in [9.17, 15) is 14.4 Å². The zero-order valence-electron chi connectivity index (χ0n) is 11.6. The predicted molar refractivity (Wildman–Crippen MR) is 79.5 cm³/mol. The maximum atomic E-state index is 12.9. The molecule has 2 N–H and O–H groups in total. The number of anilines is 1. The van der Waals surface area contributed by atoms with E-state index in [0.717, 1.165) is 19.3 Å². The lowest BCUT2D eigenvalue weighted by molar-refractivity contribution is -0.121. The Morgan fingerprint density at radius 2 is 2.10 bits per heavy atom. The van der Waals surface area contributed by atoms with Gasteiger partial charge in [-0.2, -0.15) is 5.26 Å². The first kappa shape index (κ1) is 15.6. The molecule has 0 saturated heterocycles. The van der Waals surface area contributed by atoms with Gasteiger partial charge in [-0.3, -0.25) is 4.79 Å². The molecule has 0 unspecified atom stereocenters. The zero-order valence-corrected chi connectivity index (χ0v) is 12.3. The number of halogens is 2. The van der Waals surface area contributed by atoms with Crippen molar-refractivity contribution in [3.8, 4) is 6.07 Å². The highest BCUT2D eigenvalue weighted by Gasteiger charge is 2.33. The third-order valence-corrected chi connectivity index (χ3v) is 3.98. The first-order valence-corrected chi connectivity index (χ1v) is 7.34. The van der Waals surface area contributed by atoms with Crippen LogP contribution in [0.1, 0.15) is 32.1 Å². The number of nitriles is 1. The second-order valence-electron chi connectivity index (χ2n) is 5.28. The third kappa shape index (κ3) is 4.08. The van der Waals surface area contributed by atoms with E-state index in [2.05, 4.69) is 16.7 Å². The van der Waals surface area contributed by atoms with Crippen molar-refractivity contribution in [2.24, 2.45) is 0 Å². The first-order chi connectivity index (χ1) is 10.0. The van der Waals surface area contributed by atoms with Gasteiger partial charge in [-0.25, -0.2) is 4.39 Å². The van der Waals surface area contributed by atoms with Gasteiger partial charge in [-0.1, -0.05) is 30.9 Å². The smallest absolute Gasteiger partial charge is 0.240 e. The molecule has 1 saturated carbocycles. The number of nitrogens with one attached hydrogen (secondary N) is 2. The molecular formula is C15H17ClFN3O. The van der Waals surface area contributed by atoms with Crippen molar-refractivity contribution in [2.45, 2.75) is 37.6 Å². The lowest BCUT2D eigenvalue weighted by atomic mass is 9.83. The Morgan fingerprint density at radius 3 is 2.71 bits per heavy atom. The summed E-state index contributed by atoms with van der Waals surface area (Å²) in [6.07, 6.45) is 4.37. The van der Waals surface area contributed by atoms with Crippen LogP contribution in [0, 0.1) is 17.1 Å². The van der Waals surface area contributed by atoms with E-state index in [1.807, 2.05) is 0 Å². The van der Waals surface area contributed by atoms with Crippen LogP contribution in [0.25, 0.3) is 0 Å². The molecule has 0 radical (unpaired) electrons. The Bertz CT molecular complexity index is 565. The van der Waals surface area contributed by atoms with E-state index >= 15 is 0 Å². The fraction of sp³-hybridized carbons (Fsp3) is 0.467. The van der Waals surface area contributed by atoms with Crippen molar-refractivity contribution >= 4 is 23.2 Å². The average Bonchev–Trinajstić information content (AvgIpc) is 2.47. The van der Waals surface area contributed by atoms with Gasteiger partial charge in [0.1, 0.15) is 11.4 Å². The summed E-state index contributed by atoms with van der Waals surface area (Å²) < 4.78 is 12.9. The number of carbonyl (C=O) groups excluding carboxylic acids is 1. The predicted octanol–water partition coefficient (Wildman–Crippen LogP) is 3.23. The normalized spacial score (nSPS) is 16.8. The number of amides is 1. The molecule has 1 fully saturated rings. The van der Waals surface area contributed by atoms with E-state index in [1.54, 1.807) is 0 Å². The van der Waals surface area contributed by atoms with Crippen LogP contribution in [-0.4, -0.2) is 18.0 Å². The topological polar surface area (TPSA) is 64.9 Å². The molecule has 1 aliphatic carbocycles. The molecule has 21 heavy (non-hydrogen) atoms. The lowest BCUT2D eigenvalue weighted by Crippen LogP contribution is -2.50. The summed E-state index contributed by atoms with van der Waals surface area (Å²) in [4.78, 5) is 12.0. The highest BCUT2D eigenvalue weighted by molar-refractivity contribution is 6.33. The van der Waals surface area contributed by atoms with Gasteiger partial charge in [0, 0.05) is 0 Å². The van der Waals surface area contributed by atoms with Gasteiger partial charge < -0.3 is 10.6 Å². The van der Waals surface area contributed by atoms with Crippen molar-refractivity contribution in [1.82, 2.24) is 5.32 Å². The van der Waals surface area contributed by atoms with Gasteiger partial charge in [-0.05, 0) is 31.0 Å². The molecule has 2 rings (SSSR count). The summed E-state index contributed by atoms with van der Waals surface area (Å²) in [6, 6.07) is 6.16. The van der Waals surface area contributed by atoms with Gasteiger partial charge in [-0.15, -0.1) is 0 Å². The largest absolute Gasteiger partial charge is 0.375 e. The molecule has 1 amide bonds. The molecule has 0 heterocycles.